The number of carbonyl (C=O) groups is 2. The van der Waals surface area contributed by atoms with Gasteiger partial charge in [-0.05, 0) is 44.1 Å². The number of nitriles is 1. The number of hydrogen-bond donors (Lipinski definition) is 3. The maximum Gasteiger partial charge on any atom is 0.237 e. The molecule has 5 unspecified atom stereocenters. The van der Waals surface area contributed by atoms with Gasteiger partial charge in [0.05, 0.1) is 18.7 Å². The molecule has 3 fully saturated rings. The maximum absolute atomic E-state index is 12.2. The Balaban J connectivity index is 1.48. The van der Waals surface area contributed by atoms with Gasteiger partial charge in [0.2, 0.25) is 5.91 Å². The quantitative estimate of drug-likeness (QED) is 0.601. The molecular formula is C16H24N4O3. The fourth-order valence-corrected chi connectivity index (χ4v) is 4.38. The van der Waals surface area contributed by atoms with Gasteiger partial charge in [0.25, 0.3) is 0 Å². The van der Waals surface area contributed by atoms with Crippen molar-refractivity contribution in [1.29, 1.82) is 5.26 Å². The van der Waals surface area contributed by atoms with E-state index in [1.54, 1.807) is 4.90 Å². The average molecular weight is 320 g/mol. The SMILES string of the molecule is N#CC1CCCN1C(=O)CNC1CC2CNC(C(=O)CO)C2C1. The van der Waals surface area contributed by atoms with Crippen molar-refractivity contribution < 1.29 is 14.7 Å². The highest BCUT2D eigenvalue weighted by Crippen LogP contribution is 2.38. The molecule has 1 aliphatic carbocycles. The van der Waals surface area contributed by atoms with Gasteiger partial charge in [0.15, 0.2) is 5.78 Å². The summed E-state index contributed by atoms with van der Waals surface area (Å²) in [5.41, 5.74) is 0. The van der Waals surface area contributed by atoms with E-state index in [4.69, 9.17) is 10.4 Å². The van der Waals surface area contributed by atoms with Gasteiger partial charge in [0.1, 0.15) is 12.6 Å². The first-order valence-corrected chi connectivity index (χ1v) is 8.43. The van der Waals surface area contributed by atoms with E-state index in [0.717, 1.165) is 32.2 Å². The first kappa shape index (κ1) is 16.4. The zero-order valence-corrected chi connectivity index (χ0v) is 13.2. The summed E-state index contributed by atoms with van der Waals surface area (Å²) in [5.74, 6) is 0.540. The summed E-state index contributed by atoms with van der Waals surface area (Å²) in [6, 6.07) is 1.90. The van der Waals surface area contributed by atoms with Crippen LogP contribution in [0.3, 0.4) is 0 Å². The number of aliphatic hydroxyl groups excluding tert-OH is 1. The topological polar surface area (TPSA) is 105 Å². The van der Waals surface area contributed by atoms with Gasteiger partial charge < -0.3 is 20.6 Å². The largest absolute Gasteiger partial charge is 0.389 e. The lowest BCUT2D eigenvalue weighted by Gasteiger charge is -2.22. The molecule has 1 saturated carbocycles. The molecule has 0 aromatic heterocycles. The van der Waals surface area contributed by atoms with Gasteiger partial charge in [-0.2, -0.15) is 5.26 Å². The lowest BCUT2D eigenvalue weighted by atomic mass is 9.92. The van der Waals surface area contributed by atoms with Crippen LogP contribution >= 0.6 is 0 Å². The molecule has 7 heteroatoms. The summed E-state index contributed by atoms with van der Waals surface area (Å²) >= 11 is 0. The van der Waals surface area contributed by atoms with E-state index in [0.29, 0.717) is 12.5 Å². The smallest absolute Gasteiger partial charge is 0.237 e. The maximum atomic E-state index is 12.2. The number of rotatable bonds is 5. The molecule has 0 radical (unpaired) electrons. The van der Waals surface area contributed by atoms with E-state index in [9.17, 15) is 9.59 Å². The number of aliphatic hydroxyl groups is 1. The molecule has 0 spiro atoms. The Morgan fingerprint density at radius 3 is 2.96 bits per heavy atom. The predicted octanol–water partition coefficient (Wildman–Crippen LogP) is -0.981. The highest BCUT2D eigenvalue weighted by Gasteiger charge is 2.45. The molecule has 7 nitrogen and oxygen atoms in total. The van der Waals surface area contributed by atoms with Crippen molar-refractivity contribution in [3.05, 3.63) is 0 Å². The Morgan fingerprint density at radius 2 is 2.22 bits per heavy atom. The molecule has 0 bridgehead atoms. The number of fused-ring (bicyclic) bond motifs is 1. The highest BCUT2D eigenvalue weighted by atomic mass is 16.3. The molecule has 0 aromatic rings. The molecule has 0 aromatic carbocycles. The minimum atomic E-state index is -0.415. The minimum Gasteiger partial charge on any atom is -0.389 e. The molecular weight excluding hydrogens is 296 g/mol. The summed E-state index contributed by atoms with van der Waals surface area (Å²) in [5, 5.41) is 24.6. The number of hydrogen-bond acceptors (Lipinski definition) is 6. The molecule has 23 heavy (non-hydrogen) atoms. The summed E-state index contributed by atoms with van der Waals surface area (Å²) in [4.78, 5) is 25.7. The fraction of sp³-hybridized carbons (Fsp3) is 0.812. The van der Waals surface area contributed by atoms with Crippen molar-refractivity contribution in [3.63, 3.8) is 0 Å². The third kappa shape index (κ3) is 3.25. The van der Waals surface area contributed by atoms with Crippen molar-refractivity contribution in [2.75, 3.05) is 26.2 Å². The number of carbonyl (C=O) groups excluding carboxylic acids is 2. The van der Waals surface area contributed by atoms with Crippen molar-refractivity contribution in [3.8, 4) is 6.07 Å². The summed E-state index contributed by atoms with van der Waals surface area (Å²) in [6.45, 7) is 1.32. The Hall–Kier alpha value is -1.49. The van der Waals surface area contributed by atoms with Crippen LogP contribution in [0, 0.1) is 23.2 Å². The molecule has 3 aliphatic rings. The third-order valence-electron chi connectivity index (χ3n) is 5.54. The number of ketones is 1. The lowest BCUT2D eigenvalue weighted by Crippen LogP contribution is -2.44. The van der Waals surface area contributed by atoms with Gasteiger partial charge in [-0.25, -0.2) is 0 Å². The number of nitrogens with zero attached hydrogens (tertiary/aromatic N) is 2. The minimum absolute atomic E-state index is 0.00720. The second kappa shape index (κ2) is 6.95. The summed E-state index contributed by atoms with van der Waals surface area (Å²) in [7, 11) is 0. The lowest BCUT2D eigenvalue weighted by molar-refractivity contribution is -0.130. The highest BCUT2D eigenvalue weighted by molar-refractivity contribution is 5.85. The zero-order valence-electron chi connectivity index (χ0n) is 13.2. The molecule has 2 saturated heterocycles. The summed E-state index contributed by atoms with van der Waals surface area (Å²) in [6.07, 6.45) is 3.46. The average Bonchev–Trinajstić information content (AvgIpc) is 3.26. The van der Waals surface area contributed by atoms with Gasteiger partial charge >= 0.3 is 0 Å². The van der Waals surface area contributed by atoms with E-state index >= 15 is 0 Å². The van der Waals surface area contributed by atoms with Crippen molar-refractivity contribution >= 4 is 11.7 Å². The van der Waals surface area contributed by atoms with E-state index in [-0.39, 0.29) is 42.3 Å². The van der Waals surface area contributed by atoms with E-state index in [1.807, 2.05) is 0 Å². The summed E-state index contributed by atoms with van der Waals surface area (Å²) < 4.78 is 0. The van der Waals surface area contributed by atoms with Crippen LogP contribution in [-0.4, -0.2) is 66.1 Å². The molecule has 2 aliphatic heterocycles. The van der Waals surface area contributed by atoms with Crippen molar-refractivity contribution in [1.82, 2.24) is 15.5 Å². The first-order valence-electron chi connectivity index (χ1n) is 8.43. The normalized spacial score (nSPS) is 36.0. The van der Waals surface area contributed by atoms with Crippen molar-refractivity contribution in [2.24, 2.45) is 11.8 Å². The second-order valence-electron chi connectivity index (χ2n) is 6.86. The second-order valence-corrected chi connectivity index (χ2v) is 6.86. The van der Waals surface area contributed by atoms with Crippen LogP contribution in [0.25, 0.3) is 0 Å². The number of nitrogens with one attached hydrogen (secondary N) is 2. The van der Waals surface area contributed by atoms with Crippen molar-refractivity contribution in [2.45, 2.75) is 43.8 Å². The van der Waals surface area contributed by atoms with E-state index < -0.39 is 6.61 Å². The Bertz CT molecular complexity index is 518. The molecule has 2 heterocycles. The van der Waals surface area contributed by atoms with Crippen LogP contribution in [0.4, 0.5) is 0 Å². The molecule has 126 valence electrons. The first-order chi connectivity index (χ1) is 11.1. The van der Waals surface area contributed by atoms with Crippen LogP contribution in [0.2, 0.25) is 0 Å². The van der Waals surface area contributed by atoms with Crippen LogP contribution < -0.4 is 10.6 Å². The molecule has 3 rings (SSSR count). The van der Waals surface area contributed by atoms with E-state index in [1.165, 1.54) is 0 Å². The number of amides is 1. The molecule has 5 atom stereocenters. The van der Waals surface area contributed by atoms with Crippen LogP contribution in [0.15, 0.2) is 0 Å². The number of Topliss-reactive ketones (excluding diaryl/α,β-unsaturated/α-hetero) is 1. The molecule has 1 amide bonds. The predicted molar refractivity (Wildman–Crippen MR) is 82.2 cm³/mol. The fourth-order valence-electron chi connectivity index (χ4n) is 4.38. The van der Waals surface area contributed by atoms with Gasteiger partial charge in [-0.15, -0.1) is 0 Å². The third-order valence-corrected chi connectivity index (χ3v) is 5.54. The number of likely N-dealkylation sites (tertiary alicyclic amines) is 1. The van der Waals surface area contributed by atoms with Crippen LogP contribution in [0.1, 0.15) is 25.7 Å². The molecule has 3 N–H and O–H groups in total. The Morgan fingerprint density at radius 1 is 1.39 bits per heavy atom. The zero-order chi connectivity index (χ0) is 16.4. The van der Waals surface area contributed by atoms with Crippen LogP contribution in [0.5, 0.6) is 0 Å². The van der Waals surface area contributed by atoms with Gasteiger partial charge in [0, 0.05) is 12.6 Å². The van der Waals surface area contributed by atoms with Crippen LogP contribution in [-0.2, 0) is 9.59 Å². The monoisotopic (exact) mass is 320 g/mol. The van der Waals surface area contributed by atoms with E-state index in [2.05, 4.69) is 16.7 Å². The van der Waals surface area contributed by atoms with Gasteiger partial charge in [-0.3, -0.25) is 9.59 Å². The Kier molecular flexibility index (Phi) is 4.95. The Labute approximate surface area is 136 Å². The standard InChI is InChI=1S/C16H24N4O3/c17-6-12-2-1-3-20(12)15(23)8-18-11-4-10-7-19-16(13(10)5-11)14(22)9-21/h10-13,16,18-19,21H,1-5,7-9H2. The van der Waals surface area contributed by atoms with Gasteiger partial charge in [-0.1, -0.05) is 0 Å².